The number of carbonyl (C=O) groups is 1. The lowest BCUT2D eigenvalue weighted by molar-refractivity contribution is -0.123. The Morgan fingerprint density at radius 3 is 2.73 bits per heavy atom. The molecule has 0 bridgehead atoms. The van der Waals surface area contributed by atoms with E-state index in [9.17, 15) is 4.79 Å². The molecule has 1 unspecified atom stereocenters. The highest BCUT2D eigenvalue weighted by Gasteiger charge is 2.16. The Labute approximate surface area is 182 Å². The van der Waals surface area contributed by atoms with E-state index in [1.165, 1.54) is 16.7 Å². The zero-order valence-corrected chi connectivity index (χ0v) is 19.5. The van der Waals surface area contributed by atoms with E-state index >= 15 is 0 Å². The third kappa shape index (κ3) is 7.74. The van der Waals surface area contributed by atoms with Crippen LogP contribution in [0.5, 0.6) is 5.75 Å². The molecule has 1 atom stereocenters. The maximum absolute atomic E-state index is 12.2. The van der Waals surface area contributed by atoms with Crippen LogP contribution >= 0.6 is 0 Å². The summed E-state index contributed by atoms with van der Waals surface area (Å²) in [6.45, 7) is 12.8. The Balaban J connectivity index is 1.80. The maximum Gasteiger partial charge on any atom is 0.276 e. The van der Waals surface area contributed by atoms with Gasteiger partial charge in [-0.2, -0.15) is 0 Å². The Kier molecular flexibility index (Phi) is 9.22. The molecule has 1 aromatic rings. The molecule has 0 aromatic heterocycles. The monoisotopic (exact) mass is 410 g/mol. The van der Waals surface area contributed by atoms with Crippen molar-refractivity contribution in [1.82, 2.24) is 10.9 Å². The summed E-state index contributed by atoms with van der Waals surface area (Å²) in [6.07, 6.45) is 10.9. The summed E-state index contributed by atoms with van der Waals surface area (Å²) in [5.74, 6) is 1.42. The van der Waals surface area contributed by atoms with Gasteiger partial charge < -0.3 is 10.2 Å². The molecular weight excluding hydrogens is 372 g/mol. The molecule has 1 amide bonds. The van der Waals surface area contributed by atoms with Crippen LogP contribution in [0.3, 0.4) is 0 Å². The second kappa shape index (κ2) is 11.6. The van der Waals surface area contributed by atoms with Crippen LogP contribution in [0.2, 0.25) is 0 Å². The minimum atomic E-state index is -0.190. The summed E-state index contributed by atoms with van der Waals surface area (Å²) in [7, 11) is 0. The first-order valence-corrected chi connectivity index (χ1v) is 11.0. The van der Waals surface area contributed by atoms with Crippen molar-refractivity contribution < 1.29 is 9.53 Å². The first-order valence-electron chi connectivity index (χ1n) is 11.0. The highest BCUT2D eigenvalue weighted by atomic mass is 16.5. The van der Waals surface area contributed by atoms with Gasteiger partial charge in [-0.15, -0.1) is 0 Å². The number of hydrazine groups is 1. The lowest BCUT2D eigenvalue weighted by atomic mass is 9.84. The molecule has 0 fully saturated rings. The summed E-state index contributed by atoms with van der Waals surface area (Å²) in [4.78, 5) is 12.2. The Hall–Kier alpha value is -2.49. The van der Waals surface area contributed by atoms with Gasteiger partial charge in [0.15, 0.2) is 6.61 Å². The minimum absolute atomic E-state index is 0.0106. The molecule has 1 aliphatic carbocycles. The number of amides is 1. The lowest BCUT2D eigenvalue weighted by Crippen LogP contribution is -2.37. The molecular formula is C26H38N2O2. The topological polar surface area (TPSA) is 50.4 Å². The largest absolute Gasteiger partial charge is 0.483 e. The van der Waals surface area contributed by atoms with Crippen molar-refractivity contribution in [2.24, 2.45) is 5.92 Å². The van der Waals surface area contributed by atoms with E-state index in [0.717, 1.165) is 42.6 Å². The summed E-state index contributed by atoms with van der Waals surface area (Å²) in [5.41, 5.74) is 12.2. The first kappa shape index (κ1) is 23.8. The summed E-state index contributed by atoms with van der Waals surface area (Å²) in [5, 5.41) is 0. The molecule has 0 aliphatic heterocycles. The highest BCUT2D eigenvalue weighted by Crippen LogP contribution is 2.30. The van der Waals surface area contributed by atoms with E-state index in [-0.39, 0.29) is 12.5 Å². The van der Waals surface area contributed by atoms with Gasteiger partial charge in [-0.3, -0.25) is 10.2 Å². The van der Waals surface area contributed by atoms with E-state index < -0.39 is 0 Å². The van der Waals surface area contributed by atoms with Crippen molar-refractivity contribution in [3.8, 4) is 5.75 Å². The van der Waals surface area contributed by atoms with Crippen LogP contribution in [0.1, 0.15) is 77.3 Å². The van der Waals surface area contributed by atoms with Gasteiger partial charge in [0.05, 0.1) is 0 Å². The number of hydrogen-bond acceptors (Lipinski definition) is 3. The van der Waals surface area contributed by atoms with Crippen molar-refractivity contribution in [3.63, 3.8) is 0 Å². The number of carbonyl (C=O) groups excluding carboxylic acids is 1. The minimum Gasteiger partial charge on any atom is -0.483 e. The third-order valence-electron chi connectivity index (χ3n) is 5.46. The van der Waals surface area contributed by atoms with Crippen LogP contribution in [0.25, 0.3) is 0 Å². The van der Waals surface area contributed by atoms with Crippen molar-refractivity contribution in [1.29, 1.82) is 0 Å². The fourth-order valence-corrected chi connectivity index (χ4v) is 3.65. The number of nitrogens with one attached hydrogen (secondary N) is 2. The summed E-state index contributed by atoms with van der Waals surface area (Å²) < 4.78 is 5.79. The van der Waals surface area contributed by atoms with Crippen molar-refractivity contribution in [2.75, 3.05) is 6.61 Å². The van der Waals surface area contributed by atoms with Crippen molar-refractivity contribution in [2.45, 2.75) is 73.1 Å². The van der Waals surface area contributed by atoms with E-state index in [1.807, 2.05) is 19.2 Å². The third-order valence-corrected chi connectivity index (χ3v) is 5.46. The van der Waals surface area contributed by atoms with E-state index in [4.69, 9.17) is 4.74 Å². The standard InChI is InChI=1S/C26H38N2O2/c1-18(2)8-7-9-22-11-12-23(21(6)15-22)16-27-28-26(29)17-30-25-14-20(5)10-13-24(25)19(3)4/h8,10-11,13-14,16,19,21,27H,7,9,12,15,17H2,1-6H3,(H,28,29). The van der Waals surface area contributed by atoms with Gasteiger partial charge in [0.1, 0.15) is 5.75 Å². The number of allylic oxidation sites excluding steroid dienone is 5. The average molecular weight is 411 g/mol. The number of rotatable bonds is 9. The summed E-state index contributed by atoms with van der Waals surface area (Å²) >= 11 is 0. The van der Waals surface area contributed by atoms with Gasteiger partial charge in [0.25, 0.3) is 5.91 Å². The second-order valence-corrected chi connectivity index (χ2v) is 8.89. The van der Waals surface area contributed by atoms with Crippen LogP contribution in [0, 0.1) is 12.8 Å². The molecule has 2 N–H and O–H groups in total. The molecule has 4 heteroatoms. The zero-order valence-electron chi connectivity index (χ0n) is 19.5. The number of ether oxygens (including phenoxy) is 1. The van der Waals surface area contributed by atoms with Crippen LogP contribution in [-0.2, 0) is 4.79 Å². The second-order valence-electron chi connectivity index (χ2n) is 8.89. The van der Waals surface area contributed by atoms with Crippen LogP contribution < -0.4 is 15.6 Å². The Bertz CT molecular complexity index is 814. The van der Waals surface area contributed by atoms with Gasteiger partial charge in [-0.1, -0.05) is 56.2 Å². The average Bonchev–Trinajstić information content (AvgIpc) is 2.67. The first-order chi connectivity index (χ1) is 14.3. The van der Waals surface area contributed by atoms with E-state index in [2.05, 4.69) is 69.8 Å². The predicted octanol–water partition coefficient (Wildman–Crippen LogP) is 6.10. The van der Waals surface area contributed by atoms with Gasteiger partial charge in [-0.05, 0) is 81.1 Å². The van der Waals surface area contributed by atoms with Crippen molar-refractivity contribution >= 4 is 5.91 Å². The summed E-state index contributed by atoms with van der Waals surface area (Å²) in [6, 6.07) is 6.13. The van der Waals surface area contributed by atoms with E-state index in [1.54, 1.807) is 0 Å². The SMILES string of the molecule is CC(C)=CCCC1=CCC(=CNNC(=O)COc2cc(C)ccc2C(C)C)C(C)C1. The fourth-order valence-electron chi connectivity index (χ4n) is 3.65. The zero-order chi connectivity index (χ0) is 22.1. The molecule has 0 heterocycles. The Morgan fingerprint density at radius 2 is 2.07 bits per heavy atom. The fraction of sp³-hybridized carbons (Fsp3) is 0.500. The van der Waals surface area contributed by atoms with Crippen LogP contribution in [-0.4, -0.2) is 12.5 Å². The molecule has 0 saturated heterocycles. The smallest absolute Gasteiger partial charge is 0.276 e. The van der Waals surface area contributed by atoms with Gasteiger partial charge in [0.2, 0.25) is 0 Å². The van der Waals surface area contributed by atoms with Gasteiger partial charge in [-0.25, -0.2) is 0 Å². The lowest BCUT2D eigenvalue weighted by Gasteiger charge is -2.23. The van der Waals surface area contributed by atoms with E-state index in [0.29, 0.717) is 11.8 Å². The molecule has 1 aromatic carbocycles. The van der Waals surface area contributed by atoms with Crippen LogP contribution in [0.4, 0.5) is 0 Å². The predicted molar refractivity (Wildman–Crippen MR) is 125 cm³/mol. The highest BCUT2D eigenvalue weighted by molar-refractivity contribution is 5.77. The number of benzene rings is 1. The molecule has 2 rings (SSSR count). The normalized spacial score (nSPS) is 17.5. The molecule has 0 spiro atoms. The number of aryl methyl sites for hydroxylation is 1. The Morgan fingerprint density at radius 1 is 1.30 bits per heavy atom. The van der Waals surface area contributed by atoms with Gasteiger partial charge in [0, 0.05) is 6.20 Å². The number of hydrogen-bond donors (Lipinski definition) is 2. The molecule has 0 radical (unpaired) electrons. The van der Waals surface area contributed by atoms with Crippen LogP contribution in [0.15, 0.2) is 53.3 Å². The van der Waals surface area contributed by atoms with Gasteiger partial charge >= 0.3 is 0 Å². The molecule has 0 saturated carbocycles. The molecule has 164 valence electrons. The molecule has 4 nitrogen and oxygen atoms in total. The molecule has 1 aliphatic rings. The molecule has 30 heavy (non-hydrogen) atoms. The van der Waals surface area contributed by atoms with Crippen molar-refractivity contribution in [3.05, 3.63) is 64.4 Å². The maximum atomic E-state index is 12.2. The quantitative estimate of drug-likeness (QED) is 0.382.